The van der Waals surface area contributed by atoms with Crippen molar-refractivity contribution in [3.05, 3.63) is 23.5 Å². The van der Waals surface area contributed by atoms with Gasteiger partial charge in [-0.25, -0.2) is 0 Å². The van der Waals surface area contributed by atoms with Gasteiger partial charge >= 0.3 is 0 Å². The number of aromatic nitrogens is 1. The molecule has 1 saturated carbocycles. The number of anilines is 1. The Balaban J connectivity index is 1.83. The molecule has 0 radical (unpaired) electrons. The van der Waals surface area contributed by atoms with E-state index in [0.29, 0.717) is 17.8 Å². The lowest BCUT2D eigenvalue weighted by molar-refractivity contribution is 0.0948. The molecular formula is C14H22N4O. The standard InChI is InChI=1S/C14H22N4O/c1-3-18(11-4-5-11)7-6-16-14(19)12-9-17-10(2)8-13(12)15/h8-9,11H,3-7H2,1-2H3,(H2,15,17)(H,16,19). The molecular weight excluding hydrogens is 240 g/mol. The van der Waals surface area contributed by atoms with Gasteiger partial charge in [0.1, 0.15) is 0 Å². The molecule has 5 nitrogen and oxygen atoms in total. The van der Waals surface area contributed by atoms with Gasteiger partial charge in [0.2, 0.25) is 0 Å². The summed E-state index contributed by atoms with van der Waals surface area (Å²) in [5.74, 6) is -0.142. The van der Waals surface area contributed by atoms with E-state index in [2.05, 4.69) is 22.1 Å². The van der Waals surface area contributed by atoms with Crippen molar-refractivity contribution in [1.82, 2.24) is 15.2 Å². The Labute approximate surface area is 114 Å². The zero-order valence-corrected chi connectivity index (χ0v) is 11.6. The van der Waals surface area contributed by atoms with Crippen molar-refractivity contribution in [1.29, 1.82) is 0 Å². The fraction of sp³-hybridized carbons (Fsp3) is 0.571. The van der Waals surface area contributed by atoms with Crippen molar-refractivity contribution in [3.8, 4) is 0 Å². The monoisotopic (exact) mass is 262 g/mol. The summed E-state index contributed by atoms with van der Waals surface area (Å²) in [7, 11) is 0. The van der Waals surface area contributed by atoms with Crippen LogP contribution in [0.1, 0.15) is 35.8 Å². The summed E-state index contributed by atoms with van der Waals surface area (Å²) in [5, 5.41) is 2.91. The number of hydrogen-bond donors (Lipinski definition) is 2. The third kappa shape index (κ3) is 3.67. The van der Waals surface area contributed by atoms with Crippen LogP contribution in [0.5, 0.6) is 0 Å². The molecule has 5 heteroatoms. The number of carbonyl (C=O) groups is 1. The quantitative estimate of drug-likeness (QED) is 0.807. The second-order valence-corrected chi connectivity index (χ2v) is 5.03. The average molecular weight is 262 g/mol. The minimum Gasteiger partial charge on any atom is -0.398 e. The maximum atomic E-state index is 12.0. The molecule has 104 valence electrons. The minimum atomic E-state index is -0.142. The van der Waals surface area contributed by atoms with E-state index in [1.807, 2.05) is 6.92 Å². The number of carbonyl (C=O) groups excluding carboxylic acids is 1. The number of nitrogens with two attached hydrogens (primary N) is 1. The number of nitrogens with zero attached hydrogens (tertiary/aromatic N) is 2. The molecule has 1 aromatic rings. The Morgan fingerprint density at radius 1 is 1.58 bits per heavy atom. The molecule has 1 heterocycles. The Hall–Kier alpha value is -1.62. The van der Waals surface area contributed by atoms with Gasteiger partial charge in [-0.15, -0.1) is 0 Å². The number of nitrogen functional groups attached to an aromatic ring is 1. The van der Waals surface area contributed by atoms with E-state index in [1.165, 1.54) is 12.8 Å². The van der Waals surface area contributed by atoms with Gasteiger partial charge in [0.05, 0.1) is 5.56 Å². The summed E-state index contributed by atoms with van der Waals surface area (Å²) < 4.78 is 0. The maximum Gasteiger partial charge on any atom is 0.254 e. The van der Waals surface area contributed by atoms with Crippen molar-refractivity contribution in [3.63, 3.8) is 0 Å². The second kappa shape index (κ2) is 6.02. The zero-order chi connectivity index (χ0) is 13.8. The average Bonchev–Trinajstić information content (AvgIpc) is 3.18. The van der Waals surface area contributed by atoms with E-state index in [9.17, 15) is 4.79 Å². The molecule has 0 spiro atoms. The van der Waals surface area contributed by atoms with Crippen LogP contribution in [0.15, 0.2) is 12.3 Å². The summed E-state index contributed by atoms with van der Waals surface area (Å²) >= 11 is 0. The topological polar surface area (TPSA) is 71.2 Å². The molecule has 2 rings (SSSR count). The van der Waals surface area contributed by atoms with Crippen LogP contribution in [0.2, 0.25) is 0 Å². The molecule has 0 aromatic carbocycles. The molecule has 1 aliphatic rings. The lowest BCUT2D eigenvalue weighted by atomic mass is 10.2. The number of amides is 1. The molecule has 1 aliphatic carbocycles. The number of hydrogen-bond acceptors (Lipinski definition) is 4. The Morgan fingerprint density at radius 2 is 2.32 bits per heavy atom. The van der Waals surface area contributed by atoms with E-state index >= 15 is 0 Å². The van der Waals surface area contributed by atoms with Gasteiger partial charge in [-0.1, -0.05) is 6.92 Å². The maximum absolute atomic E-state index is 12.0. The minimum absolute atomic E-state index is 0.142. The van der Waals surface area contributed by atoms with Crippen LogP contribution >= 0.6 is 0 Å². The van der Waals surface area contributed by atoms with Crippen LogP contribution in [-0.2, 0) is 0 Å². The molecule has 0 aliphatic heterocycles. The van der Waals surface area contributed by atoms with E-state index < -0.39 is 0 Å². The van der Waals surface area contributed by atoms with Crippen LogP contribution in [-0.4, -0.2) is 41.5 Å². The van der Waals surface area contributed by atoms with Crippen molar-refractivity contribution in [2.24, 2.45) is 0 Å². The molecule has 0 unspecified atom stereocenters. The summed E-state index contributed by atoms with van der Waals surface area (Å²) in [6, 6.07) is 2.45. The number of pyridine rings is 1. The molecule has 1 fully saturated rings. The molecule has 0 bridgehead atoms. The Morgan fingerprint density at radius 3 is 2.89 bits per heavy atom. The van der Waals surface area contributed by atoms with Crippen LogP contribution in [0.3, 0.4) is 0 Å². The summed E-state index contributed by atoms with van der Waals surface area (Å²) in [6.07, 6.45) is 4.12. The SMILES string of the molecule is CCN(CCNC(=O)c1cnc(C)cc1N)C1CC1. The molecule has 19 heavy (non-hydrogen) atoms. The van der Waals surface area contributed by atoms with Crippen molar-refractivity contribution < 1.29 is 4.79 Å². The molecule has 3 N–H and O–H groups in total. The molecule has 1 aromatic heterocycles. The van der Waals surface area contributed by atoms with Crippen LogP contribution < -0.4 is 11.1 Å². The van der Waals surface area contributed by atoms with Gasteiger partial charge in [0.15, 0.2) is 0 Å². The first-order valence-corrected chi connectivity index (χ1v) is 6.86. The lowest BCUT2D eigenvalue weighted by Gasteiger charge is -2.19. The fourth-order valence-corrected chi connectivity index (χ4v) is 2.22. The number of rotatable bonds is 6. The van der Waals surface area contributed by atoms with Crippen molar-refractivity contribution in [2.45, 2.75) is 32.7 Å². The Bertz CT molecular complexity index is 457. The van der Waals surface area contributed by atoms with Gasteiger partial charge in [-0.2, -0.15) is 0 Å². The molecule has 1 amide bonds. The largest absolute Gasteiger partial charge is 0.398 e. The predicted octanol–water partition coefficient (Wildman–Crippen LogP) is 1.19. The van der Waals surface area contributed by atoms with Crippen LogP contribution in [0.4, 0.5) is 5.69 Å². The highest BCUT2D eigenvalue weighted by atomic mass is 16.1. The summed E-state index contributed by atoms with van der Waals surface area (Å²) in [5.41, 5.74) is 7.59. The predicted molar refractivity (Wildman–Crippen MR) is 76.0 cm³/mol. The van der Waals surface area contributed by atoms with Crippen molar-refractivity contribution in [2.75, 3.05) is 25.4 Å². The smallest absolute Gasteiger partial charge is 0.254 e. The highest BCUT2D eigenvalue weighted by Gasteiger charge is 2.27. The highest BCUT2D eigenvalue weighted by Crippen LogP contribution is 2.25. The van der Waals surface area contributed by atoms with Crippen LogP contribution in [0, 0.1) is 6.92 Å². The van der Waals surface area contributed by atoms with E-state index in [-0.39, 0.29) is 5.91 Å². The molecule has 0 saturated heterocycles. The summed E-state index contributed by atoms with van der Waals surface area (Å²) in [4.78, 5) is 18.5. The first kappa shape index (κ1) is 13.8. The van der Waals surface area contributed by atoms with Gasteiger partial charge < -0.3 is 11.1 Å². The molecule has 0 atom stereocenters. The Kier molecular flexibility index (Phi) is 4.37. The highest BCUT2D eigenvalue weighted by molar-refractivity contribution is 5.98. The van der Waals surface area contributed by atoms with Gasteiger partial charge in [0.25, 0.3) is 5.91 Å². The zero-order valence-electron chi connectivity index (χ0n) is 11.6. The van der Waals surface area contributed by atoms with E-state index in [1.54, 1.807) is 12.3 Å². The van der Waals surface area contributed by atoms with Gasteiger partial charge in [0, 0.05) is 36.7 Å². The first-order chi connectivity index (χ1) is 9.11. The first-order valence-electron chi connectivity index (χ1n) is 6.86. The number of nitrogens with one attached hydrogen (secondary N) is 1. The lowest BCUT2D eigenvalue weighted by Crippen LogP contribution is -2.36. The van der Waals surface area contributed by atoms with E-state index in [4.69, 9.17) is 5.73 Å². The van der Waals surface area contributed by atoms with E-state index in [0.717, 1.165) is 24.8 Å². The number of likely N-dealkylation sites (N-methyl/N-ethyl adjacent to an activating group) is 1. The van der Waals surface area contributed by atoms with Crippen molar-refractivity contribution >= 4 is 11.6 Å². The van der Waals surface area contributed by atoms with Gasteiger partial charge in [-0.3, -0.25) is 14.7 Å². The second-order valence-electron chi connectivity index (χ2n) is 5.03. The number of aryl methyl sites for hydroxylation is 1. The van der Waals surface area contributed by atoms with Crippen LogP contribution in [0.25, 0.3) is 0 Å². The third-order valence-corrected chi connectivity index (χ3v) is 3.47. The normalized spacial score (nSPS) is 14.7. The fourth-order valence-electron chi connectivity index (χ4n) is 2.22. The third-order valence-electron chi connectivity index (χ3n) is 3.47. The summed E-state index contributed by atoms with van der Waals surface area (Å²) in [6.45, 7) is 6.59. The van der Waals surface area contributed by atoms with Gasteiger partial charge in [-0.05, 0) is 32.4 Å².